The predicted octanol–water partition coefficient (Wildman–Crippen LogP) is -0.601. The molecule has 0 bridgehead atoms. The van der Waals surface area contributed by atoms with Crippen molar-refractivity contribution in [3.05, 3.63) is 24.4 Å². The summed E-state index contributed by atoms with van der Waals surface area (Å²) < 4.78 is 9.93. The second-order valence-electron chi connectivity index (χ2n) is 4.51. The number of morpholine rings is 1. The summed E-state index contributed by atoms with van der Waals surface area (Å²) in [5.41, 5.74) is 5.27. The summed E-state index contributed by atoms with van der Waals surface area (Å²) >= 11 is 0. The molecule has 1 saturated heterocycles. The van der Waals surface area contributed by atoms with Crippen LogP contribution < -0.4 is 10.9 Å². The number of carbonyl (C=O) groups is 2. The molecule has 0 radical (unpaired) electrons. The zero-order valence-electron chi connectivity index (χ0n) is 11.7. The molecule has 8 nitrogen and oxygen atoms in total. The summed E-state index contributed by atoms with van der Waals surface area (Å²) in [4.78, 5) is 29.1. The van der Waals surface area contributed by atoms with Crippen molar-refractivity contribution in [1.82, 2.24) is 15.3 Å². The normalized spacial score (nSPS) is 18.8. The third-order valence-corrected chi connectivity index (χ3v) is 2.98. The minimum absolute atomic E-state index is 0.163. The summed E-state index contributed by atoms with van der Waals surface area (Å²) in [7, 11) is 1.31. The van der Waals surface area contributed by atoms with E-state index in [-0.39, 0.29) is 12.5 Å². The van der Waals surface area contributed by atoms with E-state index in [1.165, 1.54) is 7.11 Å². The molecule has 1 aromatic heterocycles. The molecule has 1 aromatic rings. The van der Waals surface area contributed by atoms with Crippen molar-refractivity contribution in [3.63, 3.8) is 0 Å². The fourth-order valence-corrected chi connectivity index (χ4v) is 1.93. The van der Waals surface area contributed by atoms with E-state index in [1.807, 2.05) is 11.0 Å². The van der Waals surface area contributed by atoms with Gasteiger partial charge >= 0.3 is 5.97 Å². The molecule has 114 valence electrons. The van der Waals surface area contributed by atoms with Gasteiger partial charge in [-0.05, 0) is 12.1 Å². The Balaban J connectivity index is 1.76. The number of rotatable bonds is 5. The quantitative estimate of drug-likeness (QED) is 0.553. The highest BCUT2D eigenvalue weighted by Crippen LogP contribution is 2.06. The number of hydrogen-bond donors (Lipinski definition) is 2. The van der Waals surface area contributed by atoms with E-state index in [0.717, 1.165) is 0 Å². The zero-order valence-corrected chi connectivity index (χ0v) is 11.7. The lowest BCUT2D eigenvalue weighted by atomic mass is 10.2. The highest BCUT2D eigenvalue weighted by atomic mass is 16.6. The number of amides is 1. The van der Waals surface area contributed by atoms with Crippen LogP contribution in [0.25, 0.3) is 0 Å². The van der Waals surface area contributed by atoms with Crippen LogP contribution in [0.4, 0.5) is 5.82 Å². The predicted molar refractivity (Wildman–Crippen MR) is 74.2 cm³/mol. The molecule has 1 fully saturated rings. The number of nitrogens with zero attached hydrogens (tertiary/aromatic N) is 2. The Morgan fingerprint density at radius 3 is 3.10 bits per heavy atom. The number of aromatic nitrogens is 1. The lowest BCUT2D eigenvalue weighted by Crippen LogP contribution is -2.50. The first-order chi connectivity index (χ1) is 10.2. The Bertz CT molecular complexity index is 482. The van der Waals surface area contributed by atoms with Crippen molar-refractivity contribution < 1.29 is 19.1 Å². The number of esters is 1. The van der Waals surface area contributed by atoms with Gasteiger partial charge in [0.15, 0.2) is 6.10 Å². The third-order valence-electron chi connectivity index (χ3n) is 2.98. The molecule has 0 spiro atoms. The molecule has 21 heavy (non-hydrogen) atoms. The van der Waals surface area contributed by atoms with Crippen LogP contribution in [-0.2, 0) is 19.1 Å². The summed E-state index contributed by atoms with van der Waals surface area (Å²) in [6.45, 7) is 1.48. The van der Waals surface area contributed by atoms with E-state index < -0.39 is 12.1 Å². The number of anilines is 1. The van der Waals surface area contributed by atoms with Gasteiger partial charge in [-0.25, -0.2) is 9.78 Å². The SMILES string of the molecule is COC(=O)C1CN(CC(=O)NNc2ccccn2)CCO1. The molecule has 2 heterocycles. The Labute approximate surface area is 122 Å². The van der Waals surface area contributed by atoms with Gasteiger partial charge in [0.05, 0.1) is 20.3 Å². The maximum atomic E-state index is 11.8. The smallest absolute Gasteiger partial charge is 0.336 e. The molecule has 0 aromatic carbocycles. The monoisotopic (exact) mass is 294 g/mol. The van der Waals surface area contributed by atoms with Crippen LogP contribution in [0.2, 0.25) is 0 Å². The van der Waals surface area contributed by atoms with Crippen molar-refractivity contribution in [3.8, 4) is 0 Å². The first-order valence-electron chi connectivity index (χ1n) is 6.56. The van der Waals surface area contributed by atoms with Crippen LogP contribution in [-0.4, -0.2) is 61.2 Å². The van der Waals surface area contributed by atoms with Crippen molar-refractivity contribution in [2.75, 3.05) is 38.8 Å². The van der Waals surface area contributed by atoms with E-state index in [0.29, 0.717) is 25.5 Å². The van der Waals surface area contributed by atoms with Crippen molar-refractivity contribution >= 4 is 17.7 Å². The highest BCUT2D eigenvalue weighted by Gasteiger charge is 2.28. The summed E-state index contributed by atoms with van der Waals surface area (Å²) in [6.07, 6.45) is 0.984. The van der Waals surface area contributed by atoms with Gasteiger partial charge in [0.25, 0.3) is 5.91 Å². The number of carbonyl (C=O) groups excluding carboxylic acids is 2. The number of pyridine rings is 1. The largest absolute Gasteiger partial charge is 0.467 e. The van der Waals surface area contributed by atoms with Gasteiger partial charge in [0.1, 0.15) is 5.82 Å². The standard InChI is InChI=1S/C13H18N4O4/c1-20-13(19)10-8-17(6-7-21-10)9-12(18)16-15-11-4-2-3-5-14-11/h2-5,10H,6-9H2,1H3,(H,14,15)(H,16,18). The molecule has 8 heteroatoms. The number of hydrazine groups is 1. The second-order valence-corrected chi connectivity index (χ2v) is 4.51. The molecule has 1 unspecified atom stereocenters. The first-order valence-corrected chi connectivity index (χ1v) is 6.56. The molecular weight excluding hydrogens is 276 g/mol. The van der Waals surface area contributed by atoms with Gasteiger partial charge in [0, 0.05) is 19.3 Å². The van der Waals surface area contributed by atoms with E-state index in [9.17, 15) is 9.59 Å². The molecule has 2 rings (SSSR count). The summed E-state index contributed by atoms with van der Waals surface area (Å²) in [6, 6.07) is 5.33. The van der Waals surface area contributed by atoms with Crippen LogP contribution in [0.1, 0.15) is 0 Å². The minimum Gasteiger partial charge on any atom is -0.467 e. The average Bonchev–Trinajstić information content (AvgIpc) is 2.53. The maximum Gasteiger partial charge on any atom is 0.336 e. The van der Waals surface area contributed by atoms with Crippen molar-refractivity contribution in [1.29, 1.82) is 0 Å². The topological polar surface area (TPSA) is 92.8 Å². The number of nitrogens with one attached hydrogen (secondary N) is 2. The van der Waals surface area contributed by atoms with Gasteiger partial charge in [-0.1, -0.05) is 6.07 Å². The number of ether oxygens (including phenoxy) is 2. The van der Waals surface area contributed by atoms with Gasteiger partial charge in [0.2, 0.25) is 0 Å². The van der Waals surface area contributed by atoms with Gasteiger partial charge in [-0.15, -0.1) is 0 Å². The molecule has 0 saturated carbocycles. The second kappa shape index (κ2) is 7.55. The number of methoxy groups -OCH3 is 1. The van der Waals surface area contributed by atoms with Crippen LogP contribution in [0.5, 0.6) is 0 Å². The van der Waals surface area contributed by atoms with Crippen molar-refractivity contribution in [2.24, 2.45) is 0 Å². The third kappa shape index (κ3) is 4.69. The molecule has 1 atom stereocenters. The lowest BCUT2D eigenvalue weighted by Gasteiger charge is -2.30. The summed E-state index contributed by atoms with van der Waals surface area (Å²) in [5, 5.41) is 0. The van der Waals surface area contributed by atoms with E-state index >= 15 is 0 Å². The molecule has 0 aliphatic carbocycles. The highest BCUT2D eigenvalue weighted by molar-refractivity contribution is 5.79. The summed E-state index contributed by atoms with van der Waals surface area (Å²) in [5.74, 6) is -0.0850. The maximum absolute atomic E-state index is 11.8. The van der Waals surface area contributed by atoms with Crippen LogP contribution in [0.3, 0.4) is 0 Å². The van der Waals surface area contributed by atoms with Gasteiger partial charge in [-0.2, -0.15) is 0 Å². The fraction of sp³-hybridized carbons (Fsp3) is 0.462. The van der Waals surface area contributed by atoms with Crippen LogP contribution in [0, 0.1) is 0 Å². The average molecular weight is 294 g/mol. The number of hydrogen-bond acceptors (Lipinski definition) is 7. The Morgan fingerprint density at radius 2 is 2.38 bits per heavy atom. The minimum atomic E-state index is -0.639. The Hall–Kier alpha value is -2.19. The van der Waals surface area contributed by atoms with E-state index in [4.69, 9.17) is 4.74 Å². The Morgan fingerprint density at radius 1 is 1.52 bits per heavy atom. The van der Waals surface area contributed by atoms with Crippen molar-refractivity contribution in [2.45, 2.75) is 6.10 Å². The first kappa shape index (κ1) is 15.2. The lowest BCUT2D eigenvalue weighted by molar-refractivity contribution is -0.160. The van der Waals surface area contributed by atoms with E-state index in [2.05, 4.69) is 20.6 Å². The molecule has 1 aliphatic heterocycles. The van der Waals surface area contributed by atoms with Gasteiger partial charge in [-0.3, -0.25) is 20.5 Å². The van der Waals surface area contributed by atoms with Gasteiger partial charge < -0.3 is 9.47 Å². The van der Waals surface area contributed by atoms with Crippen LogP contribution in [0.15, 0.2) is 24.4 Å². The fourth-order valence-electron chi connectivity index (χ4n) is 1.93. The molecular formula is C13H18N4O4. The molecule has 1 amide bonds. The van der Waals surface area contributed by atoms with Crippen LogP contribution >= 0.6 is 0 Å². The van der Waals surface area contributed by atoms with E-state index in [1.54, 1.807) is 18.3 Å². The molecule has 1 aliphatic rings. The molecule has 2 N–H and O–H groups in total. The Kier molecular flexibility index (Phi) is 5.47. The zero-order chi connectivity index (χ0) is 15.1.